The summed E-state index contributed by atoms with van der Waals surface area (Å²) < 4.78 is 0. The minimum Gasteiger partial charge on any atom is -0.390 e. The van der Waals surface area contributed by atoms with Crippen LogP contribution in [0.1, 0.15) is 21.5 Å². The van der Waals surface area contributed by atoms with Crippen LogP contribution < -0.4 is 5.32 Å². The van der Waals surface area contributed by atoms with Gasteiger partial charge >= 0.3 is 0 Å². The van der Waals surface area contributed by atoms with Crippen LogP contribution in [-0.2, 0) is 0 Å². The minimum absolute atomic E-state index is 0.0362. The highest BCUT2D eigenvalue weighted by Crippen LogP contribution is 2.15. The van der Waals surface area contributed by atoms with E-state index in [1.165, 1.54) is 5.56 Å². The molecule has 1 aliphatic heterocycles. The predicted octanol–water partition coefficient (Wildman–Crippen LogP) is 0.708. The summed E-state index contributed by atoms with van der Waals surface area (Å²) in [6, 6.07) is 5.57. The number of nitrogens with one attached hydrogen (secondary N) is 1. The summed E-state index contributed by atoms with van der Waals surface area (Å²) in [5.74, 6) is -0.0362. The number of carbonyl (C=O) groups is 1. The largest absolute Gasteiger partial charge is 0.390 e. The molecule has 0 unspecified atom stereocenters. The van der Waals surface area contributed by atoms with Gasteiger partial charge in [-0.2, -0.15) is 0 Å². The van der Waals surface area contributed by atoms with Crippen molar-refractivity contribution < 1.29 is 9.90 Å². The van der Waals surface area contributed by atoms with Crippen LogP contribution in [0.15, 0.2) is 18.2 Å². The SMILES string of the molecule is Cc1ccc(C(=O)N(C)[C@H]2CNC[C@@H]2O)cc1C. The molecule has 4 nitrogen and oxygen atoms in total. The Balaban J connectivity index is 2.17. The third-order valence-corrected chi connectivity index (χ3v) is 3.72. The molecule has 1 amide bonds. The summed E-state index contributed by atoms with van der Waals surface area (Å²) in [5.41, 5.74) is 2.97. The fourth-order valence-electron chi connectivity index (χ4n) is 2.27. The third kappa shape index (κ3) is 2.40. The molecular weight excluding hydrogens is 228 g/mol. The van der Waals surface area contributed by atoms with Gasteiger partial charge in [-0.3, -0.25) is 4.79 Å². The number of rotatable bonds is 2. The van der Waals surface area contributed by atoms with Gasteiger partial charge < -0.3 is 15.3 Å². The molecule has 1 heterocycles. The average molecular weight is 248 g/mol. The molecule has 1 aromatic rings. The molecule has 1 fully saturated rings. The molecule has 0 radical (unpaired) electrons. The topological polar surface area (TPSA) is 52.6 Å². The van der Waals surface area contributed by atoms with Crippen LogP contribution in [0.2, 0.25) is 0 Å². The molecule has 1 aliphatic rings. The first kappa shape index (κ1) is 13.1. The number of carbonyl (C=O) groups excluding carboxylic acids is 1. The van der Waals surface area contributed by atoms with Gasteiger partial charge in [0.1, 0.15) is 0 Å². The molecule has 0 saturated carbocycles. The molecule has 4 heteroatoms. The molecular formula is C14H20N2O2. The molecule has 1 aromatic carbocycles. The van der Waals surface area contributed by atoms with Gasteiger partial charge in [0.05, 0.1) is 12.1 Å². The number of aliphatic hydroxyl groups is 1. The standard InChI is InChI=1S/C14H20N2O2/c1-9-4-5-11(6-10(9)2)14(18)16(3)12-7-15-8-13(12)17/h4-6,12-13,15,17H,7-8H2,1-3H3/t12-,13-/m0/s1. The fraction of sp³-hybridized carbons (Fsp3) is 0.500. The van der Waals surface area contributed by atoms with Crippen molar-refractivity contribution in [1.29, 1.82) is 0 Å². The lowest BCUT2D eigenvalue weighted by Gasteiger charge is -2.26. The quantitative estimate of drug-likeness (QED) is 0.810. The lowest BCUT2D eigenvalue weighted by Crippen LogP contribution is -2.44. The molecule has 2 rings (SSSR count). The number of aliphatic hydroxyl groups excluding tert-OH is 1. The highest BCUT2D eigenvalue weighted by Gasteiger charge is 2.31. The van der Waals surface area contributed by atoms with Crippen molar-refractivity contribution in [2.75, 3.05) is 20.1 Å². The highest BCUT2D eigenvalue weighted by molar-refractivity contribution is 5.94. The van der Waals surface area contributed by atoms with Crippen LogP contribution >= 0.6 is 0 Å². The molecule has 0 aromatic heterocycles. The lowest BCUT2D eigenvalue weighted by molar-refractivity contribution is 0.0581. The van der Waals surface area contributed by atoms with Gasteiger partial charge in [-0.25, -0.2) is 0 Å². The first-order valence-electron chi connectivity index (χ1n) is 6.24. The fourth-order valence-corrected chi connectivity index (χ4v) is 2.27. The van der Waals surface area contributed by atoms with E-state index in [1.807, 2.05) is 32.0 Å². The van der Waals surface area contributed by atoms with Gasteiger partial charge in [0, 0.05) is 25.7 Å². The second-order valence-electron chi connectivity index (χ2n) is 5.01. The van der Waals surface area contributed by atoms with E-state index < -0.39 is 6.10 Å². The first-order valence-corrected chi connectivity index (χ1v) is 6.24. The van der Waals surface area contributed by atoms with Crippen molar-refractivity contribution >= 4 is 5.91 Å². The number of β-amino-alcohol motifs (C(OH)–C–C–N with tert-alkyl or cyclic N) is 1. The second-order valence-corrected chi connectivity index (χ2v) is 5.01. The van der Waals surface area contributed by atoms with Gasteiger partial charge in [0.2, 0.25) is 0 Å². The maximum atomic E-state index is 12.3. The molecule has 1 saturated heterocycles. The summed E-state index contributed by atoms with van der Waals surface area (Å²) in [6.45, 7) is 5.22. The Hall–Kier alpha value is -1.39. The van der Waals surface area contributed by atoms with Crippen LogP contribution in [0.3, 0.4) is 0 Å². The van der Waals surface area contributed by atoms with Crippen LogP contribution in [0, 0.1) is 13.8 Å². The van der Waals surface area contributed by atoms with Crippen molar-refractivity contribution in [2.24, 2.45) is 0 Å². The zero-order chi connectivity index (χ0) is 13.3. The molecule has 0 bridgehead atoms. The summed E-state index contributed by atoms with van der Waals surface area (Å²) in [5, 5.41) is 12.9. The Kier molecular flexibility index (Phi) is 3.68. The van der Waals surface area contributed by atoms with Crippen LogP contribution in [0.25, 0.3) is 0 Å². The highest BCUT2D eigenvalue weighted by atomic mass is 16.3. The van der Waals surface area contributed by atoms with Crippen molar-refractivity contribution in [3.8, 4) is 0 Å². The number of nitrogens with zero attached hydrogens (tertiary/aromatic N) is 1. The summed E-state index contributed by atoms with van der Waals surface area (Å²) in [6.07, 6.45) is -0.481. The smallest absolute Gasteiger partial charge is 0.253 e. The van der Waals surface area contributed by atoms with Crippen molar-refractivity contribution in [3.63, 3.8) is 0 Å². The maximum absolute atomic E-state index is 12.3. The van der Waals surface area contributed by atoms with Gasteiger partial charge in [0.25, 0.3) is 5.91 Å². The molecule has 0 spiro atoms. The van der Waals surface area contributed by atoms with Gasteiger partial charge in [-0.05, 0) is 37.1 Å². The van der Waals surface area contributed by atoms with Crippen LogP contribution in [0.5, 0.6) is 0 Å². The van der Waals surface area contributed by atoms with E-state index >= 15 is 0 Å². The Bertz CT molecular complexity index is 459. The Morgan fingerprint density at radius 3 is 2.61 bits per heavy atom. The van der Waals surface area contributed by atoms with E-state index in [0.717, 1.165) is 5.56 Å². The Morgan fingerprint density at radius 2 is 2.06 bits per heavy atom. The number of likely N-dealkylation sites (N-methyl/N-ethyl adjacent to an activating group) is 1. The summed E-state index contributed by atoms with van der Waals surface area (Å²) in [4.78, 5) is 14.0. The number of hydrogen-bond acceptors (Lipinski definition) is 3. The zero-order valence-corrected chi connectivity index (χ0v) is 11.1. The van der Waals surface area contributed by atoms with E-state index in [-0.39, 0.29) is 11.9 Å². The van der Waals surface area contributed by atoms with E-state index in [0.29, 0.717) is 18.7 Å². The van der Waals surface area contributed by atoms with E-state index in [2.05, 4.69) is 5.32 Å². The summed E-state index contributed by atoms with van der Waals surface area (Å²) >= 11 is 0. The van der Waals surface area contributed by atoms with Gasteiger partial charge in [-0.15, -0.1) is 0 Å². The molecule has 2 N–H and O–H groups in total. The second kappa shape index (κ2) is 5.08. The van der Waals surface area contributed by atoms with Gasteiger partial charge in [0.15, 0.2) is 0 Å². The normalized spacial score (nSPS) is 23.1. The summed E-state index contributed by atoms with van der Waals surface area (Å²) in [7, 11) is 1.75. The van der Waals surface area contributed by atoms with Crippen molar-refractivity contribution in [1.82, 2.24) is 10.2 Å². The Morgan fingerprint density at radius 1 is 1.33 bits per heavy atom. The van der Waals surface area contributed by atoms with Crippen LogP contribution in [0.4, 0.5) is 0 Å². The number of benzene rings is 1. The molecule has 18 heavy (non-hydrogen) atoms. The maximum Gasteiger partial charge on any atom is 0.253 e. The zero-order valence-electron chi connectivity index (χ0n) is 11.1. The van der Waals surface area contributed by atoms with E-state index in [4.69, 9.17) is 0 Å². The molecule has 98 valence electrons. The van der Waals surface area contributed by atoms with E-state index in [1.54, 1.807) is 11.9 Å². The van der Waals surface area contributed by atoms with Crippen molar-refractivity contribution in [3.05, 3.63) is 34.9 Å². The van der Waals surface area contributed by atoms with Gasteiger partial charge in [-0.1, -0.05) is 6.07 Å². The number of hydrogen-bond donors (Lipinski definition) is 2. The third-order valence-electron chi connectivity index (χ3n) is 3.72. The first-order chi connectivity index (χ1) is 8.50. The Labute approximate surface area is 108 Å². The minimum atomic E-state index is -0.481. The molecule has 2 atom stereocenters. The van der Waals surface area contributed by atoms with E-state index in [9.17, 15) is 9.90 Å². The number of aryl methyl sites for hydroxylation is 2. The lowest BCUT2D eigenvalue weighted by atomic mass is 10.0. The number of amides is 1. The molecule has 0 aliphatic carbocycles. The van der Waals surface area contributed by atoms with Crippen molar-refractivity contribution in [2.45, 2.75) is 26.0 Å². The van der Waals surface area contributed by atoms with Crippen LogP contribution in [-0.4, -0.2) is 48.2 Å². The monoisotopic (exact) mass is 248 g/mol. The average Bonchev–Trinajstić information content (AvgIpc) is 2.77. The predicted molar refractivity (Wildman–Crippen MR) is 70.7 cm³/mol.